The maximum Gasteiger partial charge on any atom is 0.196 e. The second-order valence-electron chi connectivity index (χ2n) is 4.96. The van der Waals surface area contributed by atoms with Crippen molar-refractivity contribution in [2.75, 3.05) is 5.73 Å². The predicted molar refractivity (Wildman–Crippen MR) is 70.0 cm³/mol. The summed E-state index contributed by atoms with van der Waals surface area (Å²) in [5, 5.41) is 7.41. The number of hydrogen-bond acceptors (Lipinski definition) is 4. The zero-order valence-electron chi connectivity index (χ0n) is 10.3. The van der Waals surface area contributed by atoms with Crippen LogP contribution in [0.15, 0.2) is 28.9 Å². The highest BCUT2D eigenvalue weighted by molar-refractivity contribution is 5.68. The molecule has 1 aromatic heterocycles. The fourth-order valence-electron chi connectivity index (χ4n) is 2.74. The molecule has 3 rings (SSSR count). The number of hydrogen-bond donors (Lipinski definition) is 1. The minimum Gasteiger partial charge on any atom is -0.379 e. The van der Waals surface area contributed by atoms with E-state index in [0.29, 0.717) is 11.5 Å². The highest BCUT2D eigenvalue weighted by Gasteiger charge is 2.16. The van der Waals surface area contributed by atoms with Gasteiger partial charge in [0.2, 0.25) is 0 Å². The van der Waals surface area contributed by atoms with Crippen molar-refractivity contribution in [2.24, 2.45) is 0 Å². The van der Waals surface area contributed by atoms with Gasteiger partial charge in [0.05, 0.1) is 0 Å². The first-order valence-electron chi connectivity index (χ1n) is 6.53. The number of nitrogen functional groups attached to an aromatic ring is 1. The van der Waals surface area contributed by atoms with E-state index in [1.165, 1.54) is 37.7 Å². The third-order valence-electron chi connectivity index (χ3n) is 3.77. The third-order valence-corrected chi connectivity index (χ3v) is 3.77. The SMILES string of the molecule is Nc1nonc1-c1ccc(C2CCCCC2)cc1. The van der Waals surface area contributed by atoms with E-state index in [0.717, 1.165) is 11.5 Å². The van der Waals surface area contributed by atoms with Crippen molar-refractivity contribution in [2.45, 2.75) is 38.0 Å². The van der Waals surface area contributed by atoms with Crippen LogP contribution in [0.5, 0.6) is 0 Å². The van der Waals surface area contributed by atoms with Gasteiger partial charge in [-0.15, -0.1) is 0 Å². The lowest BCUT2D eigenvalue weighted by molar-refractivity contribution is 0.310. The maximum absolute atomic E-state index is 5.69. The van der Waals surface area contributed by atoms with E-state index in [9.17, 15) is 0 Å². The topological polar surface area (TPSA) is 64.9 Å². The minimum absolute atomic E-state index is 0.348. The molecule has 1 aliphatic carbocycles. The lowest BCUT2D eigenvalue weighted by Crippen LogP contribution is -2.04. The van der Waals surface area contributed by atoms with Gasteiger partial charge in [0.25, 0.3) is 0 Å². The van der Waals surface area contributed by atoms with Crippen LogP contribution in [-0.2, 0) is 0 Å². The molecule has 94 valence electrons. The van der Waals surface area contributed by atoms with Gasteiger partial charge in [0.15, 0.2) is 11.5 Å². The van der Waals surface area contributed by atoms with Gasteiger partial charge in [0, 0.05) is 5.56 Å². The smallest absolute Gasteiger partial charge is 0.196 e. The largest absolute Gasteiger partial charge is 0.379 e. The van der Waals surface area contributed by atoms with Gasteiger partial charge in [-0.2, -0.15) is 0 Å². The molecule has 1 heterocycles. The summed E-state index contributed by atoms with van der Waals surface area (Å²) in [7, 11) is 0. The average Bonchev–Trinajstić information content (AvgIpc) is 2.86. The lowest BCUT2D eigenvalue weighted by Gasteiger charge is -2.21. The Bertz CT molecular complexity index is 512. The Morgan fingerprint density at radius 3 is 2.33 bits per heavy atom. The standard InChI is InChI=1S/C14H17N3O/c15-14-13(16-18-17-14)12-8-6-11(7-9-12)10-4-2-1-3-5-10/h6-10H,1-5H2,(H2,15,17). The van der Waals surface area contributed by atoms with Crippen LogP contribution >= 0.6 is 0 Å². The molecule has 0 radical (unpaired) electrons. The quantitative estimate of drug-likeness (QED) is 0.878. The Hall–Kier alpha value is -1.84. The molecular weight excluding hydrogens is 226 g/mol. The first-order valence-corrected chi connectivity index (χ1v) is 6.53. The Kier molecular flexibility index (Phi) is 3.00. The Labute approximate surface area is 106 Å². The van der Waals surface area contributed by atoms with E-state index in [1.54, 1.807) is 0 Å². The van der Waals surface area contributed by atoms with Crippen molar-refractivity contribution in [3.05, 3.63) is 29.8 Å². The van der Waals surface area contributed by atoms with Crippen LogP contribution in [-0.4, -0.2) is 10.3 Å². The van der Waals surface area contributed by atoms with Gasteiger partial charge in [0.1, 0.15) is 0 Å². The molecule has 0 unspecified atom stereocenters. The molecule has 18 heavy (non-hydrogen) atoms. The summed E-state index contributed by atoms with van der Waals surface area (Å²) in [4.78, 5) is 0. The first kappa shape index (κ1) is 11.3. The van der Waals surface area contributed by atoms with Gasteiger partial charge in [-0.25, -0.2) is 4.63 Å². The molecule has 0 spiro atoms. The molecule has 1 aliphatic rings. The minimum atomic E-state index is 0.348. The van der Waals surface area contributed by atoms with Gasteiger partial charge in [-0.1, -0.05) is 43.5 Å². The Morgan fingerprint density at radius 1 is 1.00 bits per heavy atom. The van der Waals surface area contributed by atoms with Gasteiger partial charge in [-0.05, 0) is 34.6 Å². The Balaban J connectivity index is 1.82. The molecule has 0 saturated heterocycles. The second kappa shape index (κ2) is 4.80. The van der Waals surface area contributed by atoms with Crippen molar-refractivity contribution in [1.29, 1.82) is 0 Å². The highest BCUT2D eigenvalue weighted by atomic mass is 16.6. The molecule has 1 fully saturated rings. The molecule has 0 bridgehead atoms. The van der Waals surface area contributed by atoms with Crippen molar-refractivity contribution in [3.8, 4) is 11.3 Å². The fourth-order valence-corrected chi connectivity index (χ4v) is 2.74. The molecule has 2 N–H and O–H groups in total. The number of anilines is 1. The predicted octanol–water partition coefficient (Wildman–Crippen LogP) is 3.37. The van der Waals surface area contributed by atoms with Gasteiger partial charge in [-0.3, -0.25) is 0 Å². The van der Waals surface area contributed by atoms with E-state index in [2.05, 4.69) is 39.2 Å². The summed E-state index contributed by atoms with van der Waals surface area (Å²) >= 11 is 0. The molecule has 0 atom stereocenters. The van der Waals surface area contributed by atoms with Crippen LogP contribution < -0.4 is 5.73 Å². The third kappa shape index (κ3) is 2.10. The number of nitrogens with zero attached hydrogens (tertiary/aromatic N) is 2. The van der Waals surface area contributed by atoms with E-state index in [1.807, 2.05) is 0 Å². The molecule has 0 aliphatic heterocycles. The van der Waals surface area contributed by atoms with E-state index >= 15 is 0 Å². The van der Waals surface area contributed by atoms with E-state index in [4.69, 9.17) is 5.73 Å². The number of rotatable bonds is 2. The van der Waals surface area contributed by atoms with Crippen LogP contribution in [0.25, 0.3) is 11.3 Å². The zero-order chi connectivity index (χ0) is 12.4. The van der Waals surface area contributed by atoms with Crippen LogP contribution in [0.1, 0.15) is 43.6 Å². The van der Waals surface area contributed by atoms with Crippen LogP contribution in [0.2, 0.25) is 0 Å². The van der Waals surface area contributed by atoms with Crippen molar-refractivity contribution in [3.63, 3.8) is 0 Å². The van der Waals surface area contributed by atoms with Crippen LogP contribution in [0, 0.1) is 0 Å². The normalized spacial score (nSPS) is 16.9. The summed E-state index contributed by atoms with van der Waals surface area (Å²) in [5.74, 6) is 1.07. The zero-order valence-corrected chi connectivity index (χ0v) is 10.3. The maximum atomic E-state index is 5.69. The summed E-state index contributed by atoms with van der Waals surface area (Å²) in [5.41, 5.74) is 8.71. The number of nitrogens with two attached hydrogens (primary N) is 1. The fraction of sp³-hybridized carbons (Fsp3) is 0.429. The summed E-state index contributed by atoms with van der Waals surface area (Å²) in [6.45, 7) is 0. The average molecular weight is 243 g/mol. The number of benzene rings is 1. The lowest BCUT2D eigenvalue weighted by atomic mass is 9.84. The van der Waals surface area contributed by atoms with Crippen molar-refractivity contribution < 1.29 is 4.63 Å². The molecule has 0 amide bonds. The second-order valence-corrected chi connectivity index (χ2v) is 4.96. The van der Waals surface area contributed by atoms with E-state index < -0.39 is 0 Å². The van der Waals surface area contributed by atoms with Gasteiger partial charge >= 0.3 is 0 Å². The molecule has 1 saturated carbocycles. The molecule has 4 heteroatoms. The van der Waals surface area contributed by atoms with Crippen LogP contribution in [0.3, 0.4) is 0 Å². The molecule has 4 nitrogen and oxygen atoms in total. The van der Waals surface area contributed by atoms with E-state index in [-0.39, 0.29) is 0 Å². The molecular formula is C14H17N3O. The summed E-state index contributed by atoms with van der Waals surface area (Å²) < 4.78 is 4.62. The van der Waals surface area contributed by atoms with Gasteiger partial charge < -0.3 is 5.73 Å². The van der Waals surface area contributed by atoms with Crippen molar-refractivity contribution in [1.82, 2.24) is 10.3 Å². The Morgan fingerprint density at radius 2 is 1.72 bits per heavy atom. The highest BCUT2D eigenvalue weighted by Crippen LogP contribution is 2.33. The number of aromatic nitrogens is 2. The van der Waals surface area contributed by atoms with Crippen molar-refractivity contribution >= 4 is 5.82 Å². The summed E-state index contributed by atoms with van der Waals surface area (Å²) in [6.07, 6.45) is 6.72. The molecule has 1 aromatic carbocycles. The molecule has 2 aromatic rings. The van der Waals surface area contributed by atoms with Crippen LogP contribution in [0.4, 0.5) is 5.82 Å². The monoisotopic (exact) mass is 243 g/mol. The summed E-state index contributed by atoms with van der Waals surface area (Å²) in [6, 6.07) is 8.47. The first-order chi connectivity index (χ1) is 8.84.